The lowest BCUT2D eigenvalue weighted by Gasteiger charge is -2.14. The van der Waals surface area contributed by atoms with Gasteiger partial charge >= 0.3 is 6.03 Å². The van der Waals surface area contributed by atoms with Gasteiger partial charge in [-0.2, -0.15) is 0 Å². The number of carbonyl (C=O) groups excluding carboxylic acids is 1. The van der Waals surface area contributed by atoms with Gasteiger partial charge in [-0.3, -0.25) is 4.98 Å². The Labute approximate surface area is 119 Å². The molecule has 0 radical (unpaired) electrons. The van der Waals surface area contributed by atoms with Gasteiger partial charge in [-0.1, -0.05) is 32.0 Å². The molecule has 2 N–H and O–H groups in total. The molecule has 1 aromatic heterocycles. The van der Waals surface area contributed by atoms with Gasteiger partial charge < -0.3 is 10.6 Å². The summed E-state index contributed by atoms with van der Waals surface area (Å²) in [7, 11) is 0. The lowest BCUT2D eigenvalue weighted by atomic mass is 10.0. The van der Waals surface area contributed by atoms with Crippen LogP contribution in [0.25, 0.3) is 0 Å². The van der Waals surface area contributed by atoms with E-state index in [-0.39, 0.29) is 6.03 Å². The van der Waals surface area contributed by atoms with E-state index < -0.39 is 0 Å². The van der Waals surface area contributed by atoms with Crippen LogP contribution in [-0.4, -0.2) is 11.0 Å². The fraction of sp³-hybridized carbons (Fsp3) is 0.250. The lowest BCUT2D eigenvalue weighted by molar-refractivity contribution is 0.262. The van der Waals surface area contributed by atoms with E-state index in [0.29, 0.717) is 0 Å². The SMILES string of the molecule is CCc1cccc(CC)c1NC(=O)Nc1ccncc1. The summed E-state index contributed by atoms with van der Waals surface area (Å²) in [6.07, 6.45) is 5.07. The number of anilines is 2. The first kappa shape index (κ1) is 14.1. The maximum Gasteiger partial charge on any atom is 0.323 e. The first-order valence-corrected chi connectivity index (χ1v) is 6.83. The van der Waals surface area contributed by atoms with Crippen LogP contribution in [0.2, 0.25) is 0 Å². The normalized spacial score (nSPS) is 10.1. The Morgan fingerprint density at radius 2 is 1.60 bits per heavy atom. The molecule has 1 heterocycles. The number of nitrogens with one attached hydrogen (secondary N) is 2. The van der Waals surface area contributed by atoms with Gasteiger partial charge in [-0.05, 0) is 36.1 Å². The second-order valence-electron chi connectivity index (χ2n) is 4.47. The molecule has 0 saturated carbocycles. The van der Waals surface area contributed by atoms with Crippen LogP contribution in [0.5, 0.6) is 0 Å². The number of hydrogen-bond acceptors (Lipinski definition) is 2. The highest BCUT2D eigenvalue weighted by Crippen LogP contribution is 2.22. The van der Waals surface area contributed by atoms with E-state index >= 15 is 0 Å². The van der Waals surface area contributed by atoms with Crippen molar-refractivity contribution in [3.05, 3.63) is 53.9 Å². The number of para-hydroxylation sites is 1. The monoisotopic (exact) mass is 269 g/mol. The smallest absolute Gasteiger partial charge is 0.308 e. The van der Waals surface area contributed by atoms with Crippen LogP contribution in [0.4, 0.5) is 16.2 Å². The predicted octanol–water partition coefficient (Wildman–Crippen LogP) is 3.85. The topological polar surface area (TPSA) is 54.0 Å². The molecular weight excluding hydrogens is 250 g/mol. The molecule has 0 saturated heterocycles. The van der Waals surface area contributed by atoms with E-state index in [0.717, 1.165) is 35.3 Å². The summed E-state index contributed by atoms with van der Waals surface area (Å²) in [5, 5.41) is 5.76. The van der Waals surface area contributed by atoms with Crippen molar-refractivity contribution in [2.75, 3.05) is 10.6 Å². The lowest BCUT2D eigenvalue weighted by Crippen LogP contribution is -2.21. The minimum absolute atomic E-state index is 0.230. The van der Waals surface area contributed by atoms with Crippen molar-refractivity contribution in [1.82, 2.24) is 4.98 Å². The van der Waals surface area contributed by atoms with Gasteiger partial charge in [0, 0.05) is 23.8 Å². The molecular formula is C16H19N3O. The van der Waals surface area contributed by atoms with Crippen molar-refractivity contribution in [2.45, 2.75) is 26.7 Å². The molecule has 0 aliphatic heterocycles. The highest BCUT2D eigenvalue weighted by molar-refractivity contribution is 6.00. The third-order valence-corrected chi connectivity index (χ3v) is 3.18. The third kappa shape index (κ3) is 3.35. The van der Waals surface area contributed by atoms with E-state index in [1.54, 1.807) is 24.5 Å². The molecule has 0 bridgehead atoms. The highest BCUT2D eigenvalue weighted by atomic mass is 16.2. The van der Waals surface area contributed by atoms with Gasteiger partial charge in [-0.25, -0.2) is 4.79 Å². The molecule has 2 amide bonds. The first-order valence-electron chi connectivity index (χ1n) is 6.83. The molecule has 0 unspecified atom stereocenters. The van der Waals surface area contributed by atoms with E-state index in [2.05, 4.69) is 29.5 Å². The Hall–Kier alpha value is -2.36. The number of hydrogen-bond donors (Lipinski definition) is 2. The van der Waals surface area contributed by atoms with Gasteiger partial charge in [0.2, 0.25) is 0 Å². The van der Waals surface area contributed by atoms with Gasteiger partial charge in [0.1, 0.15) is 0 Å². The average Bonchev–Trinajstić information content (AvgIpc) is 2.48. The van der Waals surface area contributed by atoms with Crippen LogP contribution >= 0.6 is 0 Å². The van der Waals surface area contributed by atoms with Crippen LogP contribution in [0, 0.1) is 0 Å². The van der Waals surface area contributed by atoms with Crippen molar-refractivity contribution in [3.63, 3.8) is 0 Å². The minimum Gasteiger partial charge on any atom is -0.308 e. The molecule has 0 aliphatic carbocycles. The van der Waals surface area contributed by atoms with Crippen LogP contribution in [0.1, 0.15) is 25.0 Å². The average molecular weight is 269 g/mol. The summed E-state index contributed by atoms with van der Waals surface area (Å²) < 4.78 is 0. The van der Waals surface area contributed by atoms with Crippen molar-refractivity contribution in [1.29, 1.82) is 0 Å². The second-order valence-corrected chi connectivity index (χ2v) is 4.47. The minimum atomic E-state index is -0.230. The van der Waals surface area contributed by atoms with E-state index in [1.165, 1.54) is 0 Å². The summed E-state index contributed by atoms with van der Waals surface area (Å²) >= 11 is 0. The number of amides is 2. The number of nitrogens with zero attached hydrogens (tertiary/aromatic N) is 1. The molecule has 0 atom stereocenters. The number of pyridine rings is 1. The number of carbonyl (C=O) groups is 1. The molecule has 0 aliphatic rings. The molecule has 1 aromatic carbocycles. The van der Waals surface area contributed by atoms with Crippen LogP contribution in [-0.2, 0) is 12.8 Å². The molecule has 0 fully saturated rings. The highest BCUT2D eigenvalue weighted by Gasteiger charge is 2.09. The molecule has 0 spiro atoms. The molecule has 4 nitrogen and oxygen atoms in total. The Morgan fingerprint density at radius 3 is 2.15 bits per heavy atom. The van der Waals surface area contributed by atoms with Crippen LogP contribution < -0.4 is 10.6 Å². The molecule has 2 aromatic rings. The maximum absolute atomic E-state index is 12.1. The summed E-state index contributed by atoms with van der Waals surface area (Å²) in [6.45, 7) is 4.17. The Kier molecular flexibility index (Phi) is 4.71. The second kappa shape index (κ2) is 6.70. The maximum atomic E-state index is 12.1. The Balaban J connectivity index is 2.15. The molecule has 104 valence electrons. The third-order valence-electron chi connectivity index (χ3n) is 3.18. The Bertz CT molecular complexity index is 559. The standard InChI is InChI=1S/C16H19N3O/c1-3-12-6-5-7-13(4-2)15(12)19-16(20)18-14-8-10-17-11-9-14/h5-11H,3-4H2,1-2H3,(H2,17,18,19,20). The predicted molar refractivity (Wildman–Crippen MR) is 82.1 cm³/mol. The number of benzene rings is 1. The number of rotatable bonds is 4. The summed E-state index contributed by atoms with van der Waals surface area (Å²) in [5.74, 6) is 0. The van der Waals surface area contributed by atoms with Crippen molar-refractivity contribution < 1.29 is 4.79 Å². The van der Waals surface area contributed by atoms with Gasteiger partial charge in [-0.15, -0.1) is 0 Å². The van der Waals surface area contributed by atoms with Crippen molar-refractivity contribution in [2.24, 2.45) is 0 Å². The van der Waals surface area contributed by atoms with Crippen LogP contribution in [0.15, 0.2) is 42.7 Å². The molecule has 4 heteroatoms. The van der Waals surface area contributed by atoms with Crippen molar-refractivity contribution >= 4 is 17.4 Å². The number of aryl methyl sites for hydroxylation is 2. The fourth-order valence-electron chi connectivity index (χ4n) is 2.11. The molecule has 2 rings (SSSR count). The van der Waals surface area contributed by atoms with Gasteiger partial charge in [0.25, 0.3) is 0 Å². The van der Waals surface area contributed by atoms with Gasteiger partial charge in [0.15, 0.2) is 0 Å². The summed E-state index contributed by atoms with van der Waals surface area (Å²) in [4.78, 5) is 16.0. The largest absolute Gasteiger partial charge is 0.323 e. The van der Waals surface area contributed by atoms with E-state index in [4.69, 9.17) is 0 Å². The van der Waals surface area contributed by atoms with E-state index in [1.807, 2.05) is 18.2 Å². The van der Waals surface area contributed by atoms with Gasteiger partial charge in [0.05, 0.1) is 0 Å². The first-order chi connectivity index (χ1) is 9.74. The summed E-state index contributed by atoms with van der Waals surface area (Å²) in [5.41, 5.74) is 3.94. The van der Waals surface area contributed by atoms with Crippen molar-refractivity contribution in [3.8, 4) is 0 Å². The number of urea groups is 1. The quantitative estimate of drug-likeness (QED) is 0.885. The summed E-state index contributed by atoms with van der Waals surface area (Å²) in [6, 6.07) is 9.40. The zero-order valence-corrected chi connectivity index (χ0v) is 11.8. The van der Waals surface area contributed by atoms with E-state index in [9.17, 15) is 4.79 Å². The molecule has 20 heavy (non-hydrogen) atoms. The fourth-order valence-corrected chi connectivity index (χ4v) is 2.11. The Morgan fingerprint density at radius 1 is 1.00 bits per heavy atom. The number of aromatic nitrogens is 1. The zero-order chi connectivity index (χ0) is 14.4. The van der Waals surface area contributed by atoms with Crippen LogP contribution in [0.3, 0.4) is 0 Å². The zero-order valence-electron chi connectivity index (χ0n) is 11.8.